The van der Waals surface area contributed by atoms with E-state index in [2.05, 4.69) is 5.10 Å². The molecular weight excluding hydrogens is 287 g/mol. The van der Waals surface area contributed by atoms with E-state index in [-0.39, 0.29) is 17.2 Å². The fourth-order valence-electron chi connectivity index (χ4n) is 2.53. The smallest absolute Gasteiger partial charge is 0.270 e. The number of benzene rings is 1. The zero-order chi connectivity index (χ0) is 16.4. The van der Waals surface area contributed by atoms with Gasteiger partial charge < -0.3 is 9.84 Å². The molecule has 0 saturated carbocycles. The van der Waals surface area contributed by atoms with Crippen LogP contribution in [0.25, 0.3) is 0 Å². The van der Waals surface area contributed by atoms with Crippen LogP contribution in [0.4, 0.5) is 4.39 Å². The molecule has 0 bridgehead atoms. The number of rotatable bonds is 5. The molecule has 0 amide bonds. The number of ether oxygens (including phenoxy) is 1. The van der Waals surface area contributed by atoms with Crippen LogP contribution in [0.5, 0.6) is 5.75 Å². The topological polar surface area (TPSA) is 67.2 Å². The van der Waals surface area contributed by atoms with Gasteiger partial charge in [0.05, 0.1) is 12.2 Å². The Kier molecular flexibility index (Phi) is 4.71. The minimum absolute atomic E-state index is 0.0406. The van der Waals surface area contributed by atoms with Crippen molar-refractivity contribution in [2.24, 2.45) is 0 Å². The summed E-state index contributed by atoms with van der Waals surface area (Å²) in [6.45, 7) is 7.78. The molecule has 0 aliphatic heterocycles. The Labute approximate surface area is 128 Å². The molecule has 0 fully saturated rings. The Morgan fingerprint density at radius 2 is 2.09 bits per heavy atom. The molecule has 120 valence electrons. The summed E-state index contributed by atoms with van der Waals surface area (Å²) in [5.74, 6) is -0.212. The monoisotopic (exact) mass is 308 g/mol. The molecular formula is C16H21FN2O3. The Morgan fingerprint density at radius 3 is 2.59 bits per heavy atom. The van der Waals surface area contributed by atoms with Crippen LogP contribution in [-0.2, 0) is 0 Å². The summed E-state index contributed by atoms with van der Waals surface area (Å²) in [7, 11) is 0. The molecule has 0 aliphatic carbocycles. The van der Waals surface area contributed by atoms with Gasteiger partial charge in [-0.25, -0.2) is 4.39 Å². The second-order valence-corrected chi connectivity index (χ2v) is 5.42. The Bertz CT molecular complexity index is 719. The third kappa shape index (κ3) is 2.92. The van der Waals surface area contributed by atoms with Gasteiger partial charge in [0.15, 0.2) is 0 Å². The zero-order valence-corrected chi connectivity index (χ0v) is 13.2. The van der Waals surface area contributed by atoms with Crippen LogP contribution in [0, 0.1) is 12.7 Å². The van der Waals surface area contributed by atoms with Crippen molar-refractivity contribution in [1.29, 1.82) is 0 Å². The van der Waals surface area contributed by atoms with Gasteiger partial charge in [0.25, 0.3) is 5.56 Å². The molecule has 2 rings (SSSR count). The van der Waals surface area contributed by atoms with Crippen LogP contribution in [-0.4, -0.2) is 21.5 Å². The number of aromatic amines is 1. The van der Waals surface area contributed by atoms with Gasteiger partial charge in [-0.1, -0.05) is 0 Å². The molecule has 0 saturated heterocycles. The molecule has 22 heavy (non-hydrogen) atoms. The van der Waals surface area contributed by atoms with E-state index in [4.69, 9.17) is 4.74 Å². The first kappa shape index (κ1) is 16.3. The average molecular weight is 308 g/mol. The van der Waals surface area contributed by atoms with E-state index in [9.17, 15) is 14.3 Å². The third-order valence-electron chi connectivity index (χ3n) is 3.59. The van der Waals surface area contributed by atoms with E-state index in [1.54, 1.807) is 24.6 Å². The van der Waals surface area contributed by atoms with Crippen molar-refractivity contribution < 1.29 is 14.2 Å². The van der Waals surface area contributed by atoms with Crippen LogP contribution in [0.15, 0.2) is 23.0 Å². The maximum Gasteiger partial charge on any atom is 0.270 e. The summed E-state index contributed by atoms with van der Waals surface area (Å²) < 4.78 is 21.1. The summed E-state index contributed by atoms with van der Waals surface area (Å²) in [5.41, 5.74) is 0.406. The number of nitrogens with one attached hydrogen (secondary N) is 1. The molecule has 0 spiro atoms. The van der Waals surface area contributed by atoms with Gasteiger partial charge in [0.2, 0.25) is 0 Å². The van der Waals surface area contributed by atoms with Gasteiger partial charge in [-0.15, -0.1) is 0 Å². The van der Waals surface area contributed by atoms with Crippen molar-refractivity contribution in [1.82, 2.24) is 9.78 Å². The molecule has 2 N–H and O–H groups in total. The lowest BCUT2D eigenvalue weighted by Gasteiger charge is -2.14. The van der Waals surface area contributed by atoms with E-state index in [1.807, 2.05) is 13.8 Å². The molecule has 1 aromatic carbocycles. The van der Waals surface area contributed by atoms with Crippen LogP contribution in [0.3, 0.4) is 0 Å². The van der Waals surface area contributed by atoms with Crippen molar-refractivity contribution in [3.8, 4) is 5.75 Å². The first-order valence-electron chi connectivity index (χ1n) is 7.28. The van der Waals surface area contributed by atoms with Gasteiger partial charge in [-0.05, 0) is 39.8 Å². The Morgan fingerprint density at radius 1 is 1.41 bits per heavy atom. The number of halogens is 1. The summed E-state index contributed by atoms with van der Waals surface area (Å²) in [4.78, 5) is 12.1. The number of nitrogens with zero attached hydrogens (tertiary/aromatic N) is 1. The lowest BCUT2D eigenvalue weighted by atomic mass is 10.0. The van der Waals surface area contributed by atoms with Crippen molar-refractivity contribution in [3.63, 3.8) is 0 Å². The Balaban J connectivity index is 2.44. The second-order valence-electron chi connectivity index (χ2n) is 5.42. The molecule has 1 unspecified atom stereocenters. The normalized spacial score (nSPS) is 12.7. The summed E-state index contributed by atoms with van der Waals surface area (Å²) >= 11 is 0. The van der Waals surface area contributed by atoms with Crippen LogP contribution in [0.1, 0.15) is 49.7 Å². The SMILES string of the molecule is CCOc1ccc(C(O)c2c(C)n(C(C)C)[nH]c2=O)c(F)c1. The van der Waals surface area contributed by atoms with Crippen LogP contribution >= 0.6 is 0 Å². The lowest BCUT2D eigenvalue weighted by molar-refractivity contribution is 0.212. The zero-order valence-electron chi connectivity index (χ0n) is 13.2. The number of hydrogen-bond acceptors (Lipinski definition) is 3. The van der Waals surface area contributed by atoms with E-state index < -0.39 is 17.5 Å². The highest BCUT2D eigenvalue weighted by Crippen LogP contribution is 2.27. The summed E-state index contributed by atoms with van der Waals surface area (Å²) in [6.07, 6.45) is -1.32. The minimum Gasteiger partial charge on any atom is -0.494 e. The third-order valence-corrected chi connectivity index (χ3v) is 3.59. The minimum atomic E-state index is -1.32. The highest BCUT2D eigenvalue weighted by atomic mass is 19.1. The molecule has 0 radical (unpaired) electrons. The molecule has 6 heteroatoms. The number of aliphatic hydroxyl groups excluding tert-OH is 1. The van der Waals surface area contributed by atoms with Crippen LogP contribution < -0.4 is 10.3 Å². The fraction of sp³-hybridized carbons (Fsp3) is 0.438. The van der Waals surface area contributed by atoms with Gasteiger partial charge >= 0.3 is 0 Å². The van der Waals surface area contributed by atoms with E-state index in [0.717, 1.165) is 0 Å². The predicted octanol–water partition coefficient (Wildman–Crippen LogP) is 2.69. The van der Waals surface area contributed by atoms with Gasteiger partial charge in [-0.2, -0.15) is 0 Å². The fourth-order valence-corrected chi connectivity index (χ4v) is 2.53. The van der Waals surface area contributed by atoms with Crippen LogP contribution in [0.2, 0.25) is 0 Å². The molecule has 2 aromatic rings. The van der Waals surface area contributed by atoms with E-state index >= 15 is 0 Å². The van der Waals surface area contributed by atoms with Crippen molar-refractivity contribution >= 4 is 0 Å². The molecule has 0 aliphatic rings. The molecule has 5 nitrogen and oxygen atoms in total. The lowest BCUT2D eigenvalue weighted by Crippen LogP contribution is -2.14. The summed E-state index contributed by atoms with van der Waals surface area (Å²) in [6, 6.07) is 4.27. The maximum atomic E-state index is 14.2. The van der Waals surface area contributed by atoms with E-state index in [1.165, 1.54) is 12.1 Å². The standard InChI is InChI=1S/C16H21FN2O3/c1-5-22-11-6-7-12(13(17)8-11)15(20)14-10(4)19(9(2)3)18-16(14)21/h6-9,15,20H,5H2,1-4H3,(H,18,21). The number of hydrogen-bond donors (Lipinski definition) is 2. The molecule has 1 atom stereocenters. The van der Waals surface area contributed by atoms with Crippen molar-refractivity contribution in [3.05, 3.63) is 51.2 Å². The largest absolute Gasteiger partial charge is 0.494 e. The maximum absolute atomic E-state index is 14.2. The Hall–Kier alpha value is -2.08. The van der Waals surface area contributed by atoms with Crippen molar-refractivity contribution in [2.75, 3.05) is 6.61 Å². The van der Waals surface area contributed by atoms with E-state index in [0.29, 0.717) is 18.1 Å². The summed E-state index contributed by atoms with van der Waals surface area (Å²) in [5, 5.41) is 13.1. The number of H-pyrrole nitrogens is 1. The van der Waals surface area contributed by atoms with Gasteiger partial charge in [0.1, 0.15) is 17.7 Å². The molecule has 1 heterocycles. The average Bonchev–Trinajstić information content (AvgIpc) is 2.74. The predicted molar refractivity (Wildman–Crippen MR) is 81.8 cm³/mol. The first-order valence-corrected chi connectivity index (χ1v) is 7.28. The molecule has 1 aromatic heterocycles. The van der Waals surface area contributed by atoms with Crippen molar-refractivity contribution in [2.45, 2.75) is 39.8 Å². The first-order chi connectivity index (χ1) is 10.4. The number of aromatic nitrogens is 2. The highest BCUT2D eigenvalue weighted by molar-refractivity contribution is 5.36. The second kappa shape index (κ2) is 6.36. The quantitative estimate of drug-likeness (QED) is 0.892. The van der Waals surface area contributed by atoms with Gasteiger partial charge in [-0.3, -0.25) is 14.6 Å². The van der Waals surface area contributed by atoms with Gasteiger partial charge in [0, 0.05) is 23.4 Å². The highest BCUT2D eigenvalue weighted by Gasteiger charge is 2.24. The number of aliphatic hydroxyl groups is 1.